The second-order valence-corrected chi connectivity index (χ2v) is 20.4. The quantitative estimate of drug-likeness (QED) is 0.0259. The van der Waals surface area contributed by atoms with Crippen LogP contribution >= 0.6 is 0 Å². The van der Waals surface area contributed by atoms with Gasteiger partial charge in [-0.15, -0.1) is 0 Å². The molecule has 89 heavy (non-hydrogen) atoms. The van der Waals surface area contributed by atoms with Crippen molar-refractivity contribution in [1.82, 2.24) is 59.2 Å². The van der Waals surface area contributed by atoms with Crippen LogP contribution in [0.25, 0.3) is 0 Å². The van der Waals surface area contributed by atoms with Crippen molar-refractivity contribution in [3.63, 3.8) is 0 Å². The van der Waals surface area contributed by atoms with E-state index in [1.165, 1.54) is 0 Å². The molecular formula is C50H89Ca3N12O24+. The smallest absolute Gasteiger partial charge is 0.549 e. The third-order valence-electron chi connectivity index (χ3n) is 14.1. The van der Waals surface area contributed by atoms with Gasteiger partial charge in [0.15, 0.2) is 0 Å². The van der Waals surface area contributed by atoms with Gasteiger partial charge < -0.3 is 105 Å². The Morgan fingerprint density at radius 2 is 0.573 bits per heavy atom. The van der Waals surface area contributed by atoms with Crippen LogP contribution in [0.2, 0.25) is 0 Å². The van der Waals surface area contributed by atoms with Gasteiger partial charge in [0.25, 0.3) is 12.9 Å². The molecule has 0 aromatic heterocycles. The molecule has 0 aromatic carbocycles. The van der Waals surface area contributed by atoms with Gasteiger partial charge in [-0.1, -0.05) is 0 Å². The van der Waals surface area contributed by atoms with Gasteiger partial charge in [-0.3, -0.25) is 73.1 Å². The third-order valence-corrected chi connectivity index (χ3v) is 14.1. The maximum atomic E-state index is 11.4. The SMILES string of the molecule is O=C([O-])CN1CCN([C@H](CO)[C@H](O)CO)CCN(CC(=O)O)CCN([C@@H](CO)[C@H](O)CO)CC1.O=COCN1CCN(CC(=O)[O-])CCN(CC(=O)[O-])CCN(CC(=O)O)CC1.O=COCN1CCNCCN(CC(=O)[O-])CCN(CC(=O)[O-])CC1.[Ca+2].[Ca+2].[Ca+2]. The molecule has 0 unspecified atom stereocenters. The van der Waals surface area contributed by atoms with E-state index >= 15 is 0 Å². The van der Waals surface area contributed by atoms with Crippen LogP contribution in [-0.4, -0.2) is 530 Å². The van der Waals surface area contributed by atoms with Gasteiger partial charge in [-0.25, -0.2) is 0 Å². The van der Waals surface area contributed by atoms with E-state index in [2.05, 4.69) is 5.32 Å². The minimum absolute atomic E-state index is 0. The van der Waals surface area contributed by atoms with Crippen LogP contribution in [0, 0.1) is 0 Å². The Balaban J connectivity index is -0.00000124. The Kier molecular flexibility index (Phi) is 57.1. The Morgan fingerprint density at radius 3 is 0.798 bits per heavy atom. The van der Waals surface area contributed by atoms with Crippen LogP contribution in [0.5, 0.6) is 0 Å². The summed E-state index contributed by atoms with van der Waals surface area (Å²) in [5.41, 5.74) is 0. The second-order valence-electron chi connectivity index (χ2n) is 20.4. The summed E-state index contributed by atoms with van der Waals surface area (Å²) in [6.07, 6.45) is -2.50. The molecule has 0 aliphatic carbocycles. The van der Waals surface area contributed by atoms with Crippen LogP contribution in [0.15, 0.2) is 0 Å². The Labute approximate surface area is 607 Å². The molecule has 3 rings (SSSR count). The first kappa shape index (κ1) is 91.5. The standard InChI is InChI=1S/C20H40N4O10.C16H28N4O8.C14H26N4O6.3Ca/c25-11-15(17(29)13-27)23-5-1-21(9-19(31)32)2-6-24(16(12-26)18(30)14-28)8-4-22(3-7-23)10-20(33)34;21-13-28-12-20-7-5-18(10-15(24)25)3-1-17(9-14(22)23)2-4-19(6-8-20)11-16(26)27;19-12-24-11-18-4-2-15-1-3-16(9-13(20)21)5-6-17(7-8-18)10-14(22)23;;;/h15-18,25-30H,1-14H2,(H,31,32)(H,33,34);13H,1-12H2,(H,22,23)(H,24,25)(H,26,27);12,15H,1-11H2,(H,20,21)(H,22,23);;;/q;;;3*+2/p-5/t15-,16+,17-,18-;;;;;/m1...../s1. The van der Waals surface area contributed by atoms with Crippen LogP contribution in [0.1, 0.15) is 0 Å². The van der Waals surface area contributed by atoms with E-state index in [1.807, 2.05) is 4.90 Å². The normalized spacial score (nSPS) is 19.9. The summed E-state index contributed by atoms with van der Waals surface area (Å²) >= 11 is 0. The van der Waals surface area contributed by atoms with Crippen molar-refractivity contribution in [2.45, 2.75) is 24.3 Å². The molecule has 3 aliphatic rings. The molecule has 0 bridgehead atoms. The monoisotopic (exact) mass is 1360 g/mol. The zero-order valence-electron chi connectivity index (χ0n) is 50.8. The van der Waals surface area contributed by atoms with Gasteiger partial charge >= 0.3 is 125 Å². The first-order valence-electron chi connectivity index (χ1n) is 28.0. The summed E-state index contributed by atoms with van der Waals surface area (Å²) < 4.78 is 9.54. The number of nitrogens with zero attached hydrogens (tertiary/aromatic N) is 11. The minimum atomic E-state index is -1.30. The van der Waals surface area contributed by atoms with Crippen molar-refractivity contribution >= 4 is 168 Å². The average Bonchev–Trinajstić information content (AvgIpc) is 3.66. The second kappa shape index (κ2) is 55.6. The Bertz CT molecular complexity index is 1880. The zero-order chi connectivity index (χ0) is 64.4. The van der Waals surface area contributed by atoms with E-state index in [1.54, 1.807) is 49.0 Å². The predicted octanol–water partition coefficient (Wildman–Crippen LogP) is -17.6. The molecule has 3 fully saturated rings. The van der Waals surface area contributed by atoms with Gasteiger partial charge in [0.05, 0.1) is 93.7 Å². The third kappa shape index (κ3) is 45.3. The summed E-state index contributed by atoms with van der Waals surface area (Å²) in [6.45, 7) is 5.14. The molecule has 39 heteroatoms. The fourth-order valence-electron chi connectivity index (χ4n) is 9.41. The molecule has 36 nitrogen and oxygen atoms in total. The number of aliphatic hydroxyl groups excluding tert-OH is 6. The number of aliphatic hydroxyl groups is 6. The number of carbonyl (C=O) groups is 9. The van der Waals surface area contributed by atoms with Crippen LogP contribution < -0.4 is 30.8 Å². The molecule has 9 N–H and O–H groups in total. The number of carboxylic acids is 7. The molecule has 4 atom stereocenters. The molecule has 0 saturated carbocycles. The predicted molar refractivity (Wildman–Crippen MR) is 304 cm³/mol. The van der Waals surface area contributed by atoms with Crippen LogP contribution in [0.3, 0.4) is 0 Å². The molecule has 0 amide bonds. The summed E-state index contributed by atoms with van der Waals surface area (Å²) in [4.78, 5) is 117. The van der Waals surface area contributed by atoms with Crippen molar-refractivity contribution in [2.75, 3.05) is 243 Å². The number of carboxylic acid groups (broad SMARTS) is 7. The summed E-state index contributed by atoms with van der Waals surface area (Å²) in [5.74, 6) is -8.23. The van der Waals surface area contributed by atoms with Crippen molar-refractivity contribution in [3.05, 3.63) is 0 Å². The maximum Gasteiger partial charge on any atom is 2.00 e. The van der Waals surface area contributed by atoms with Gasteiger partial charge in [0.1, 0.15) is 13.5 Å². The van der Waals surface area contributed by atoms with E-state index in [9.17, 15) is 104 Å². The van der Waals surface area contributed by atoms with Crippen molar-refractivity contribution in [2.24, 2.45) is 0 Å². The number of hydrogen-bond acceptors (Lipinski definition) is 34. The molecule has 498 valence electrons. The topological polar surface area (TPSA) is 497 Å². The first-order chi connectivity index (χ1) is 41.0. The van der Waals surface area contributed by atoms with E-state index in [-0.39, 0.29) is 238 Å². The van der Waals surface area contributed by atoms with E-state index in [0.29, 0.717) is 98.0 Å². The van der Waals surface area contributed by atoms with Gasteiger partial charge in [-0.2, -0.15) is 0 Å². The first-order valence-corrected chi connectivity index (χ1v) is 28.0. The Hall–Kier alpha value is -1.71. The number of rotatable bonds is 28. The molecule has 3 aliphatic heterocycles. The molecule has 3 heterocycles. The van der Waals surface area contributed by atoms with Crippen molar-refractivity contribution in [3.8, 4) is 0 Å². The zero-order valence-corrected chi connectivity index (χ0v) is 57.4. The summed E-state index contributed by atoms with van der Waals surface area (Å²) in [5, 5.41) is 135. The van der Waals surface area contributed by atoms with E-state index in [0.717, 1.165) is 0 Å². The largest absolute Gasteiger partial charge is 2.00 e. The van der Waals surface area contributed by atoms with E-state index < -0.39 is 99.0 Å². The fourth-order valence-corrected chi connectivity index (χ4v) is 9.41. The van der Waals surface area contributed by atoms with E-state index in [4.69, 9.17) is 14.6 Å². The number of aliphatic carboxylic acids is 7. The van der Waals surface area contributed by atoms with Crippen LogP contribution in [-0.2, 0) is 52.6 Å². The van der Waals surface area contributed by atoms with Crippen LogP contribution in [0.4, 0.5) is 0 Å². The van der Waals surface area contributed by atoms with Gasteiger partial charge in [0, 0.05) is 190 Å². The number of carbonyl (C=O) groups excluding carboxylic acids is 7. The van der Waals surface area contributed by atoms with Gasteiger partial charge in [-0.05, 0) is 0 Å². The van der Waals surface area contributed by atoms with Crippen molar-refractivity contribution in [1.29, 1.82) is 0 Å². The maximum absolute atomic E-state index is 11.4. The molecule has 0 spiro atoms. The molecule has 0 radical (unpaired) electrons. The Morgan fingerprint density at radius 1 is 0.360 bits per heavy atom. The number of nitrogens with one attached hydrogen (secondary N) is 1. The minimum Gasteiger partial charge on any atom is -0.549 e. The fraction of sp³-hybridized carbons (Fsp3) is 0.820. The molecule has 3 saturated heterocycles. The van der Waals surface area contributed by atoms with Crippen molar-refractivity contribution < 1.29 is 119 Å². The summed E-state index contributed by atoms with van der Waals surface area (Å²) in [7, 11) is 0. The average molecular weight is 1360 g/mol. The summed E-state index contributed by atoms with van der Waals surface area (Å²) in [6, 6.07) is -1.67. The molecular weight excluding hydrogens is 1270 g/mol. The number of ether oxygens (including phenoxy) is 2. The number of hydrogen-bond donors (Lipinski definition) is 9. The van der Waals surface area contributed by atoms with Gasteiger partial charge in [0.2, 0.25) is 0 Å². The molecule has 0 aromatic rings.